The fraction of sp³-hybridized carbons (Fsp3) is 0.385. The molecule has 6 heteroatoms. The van der Waals surface area contributed by atoms with Crippen LogP contribution >= 0.6 is 0 Å². The van der Waals surface area contributed by atoms with Gasteiger partial charge in [-0.05, 0) is 49.6 Å². The van der Waals surface area contributed by atoms with Crippen LogP contribution in [0.15, 0.2) is 54.6 Å². The fourth-order valence-corrected chi connectivity index (χ4v) is 5.11. The van der Waals surface area contributed by atoms with Crippen molar-refractivity contribution in [3.8, 4) is 0 Å². The highest BCUT2D eigenvalue weighted by molar-refractivity contribution is 6.03. The molecule has 1 aromatic heterocycles. The molecule has 1 atom stereocenters. The van der Waals surface area contributed by atoms with Gasteiger partial charge in [-0.1, -0.05) is 49.6 Å². The van der Waals surface area contributed by atoms with Gasteiger partial charge in [-0.25, -0.2) is 4.39 Å². The van der Waals surface area contributed by atoms with Crippen molar-refractivity contribution in [2.24, 2.45) is 0 Å². The third-order valence-corrected chi connectivity index (χ3v) is 7.02. The number of aromatic nitrogens is 1. The minimum Gasteiger partial charge on any atom is -0.351 e. The van der Waals surface area contributed by atoms with Gasteiger partial charge in [-0.2, -0.15) is 0 Å². The van der Waals surface area contributed by atoms with E-state index in [2.05, 4.69) is 5.32 Å². The average molecular weight is 434 g/mol. The van der Waals surface area contributed by atoms with Crippen LogP contribution in [0.5, 0.6) is 0 Å². The van der Waals surface area contributed by atoms with Crippen molar-refractivity contribution in [3.05, 3.63) is 71.7 Å². The highest BCUT2D eigenvalue weighted by Gasteiger charge is 2.48. The zero-order valence-corrected chi connectivity index (χ0v) is 18.3. The third-order valence-electron chi connectivity index (χ3n) is 7.02. The molecule has 1 fully saturated rings. The third kappa shape index (κ3) is 3.57. The summed E-state index contributed by atoms with van der Waals surface area (Å²) >= 11 is 0. The molecule has 5 rings (SSSR count). The Hall–Kier alpha value is -3.15. The van der Waals surface area contributed by atoms with Crippen LogP contribution in [0.25, 0.3) is 10.9 Å². The van der Waals surface area contributed by atoms with Crippen LogP contribution in [0.1, 0.15) is 55.1 Å². The van der Waals surface area contributed by atoms with Gasteiger partial charge in [0.2, 0.25) is 5.91 Å². The van der Waals surface area contributed by atoms with E-state index in [1.165, 1.54) is 18.6 Å². The summed E-state index contributed by atoms with van der Waals surface area (Å²) < 4.78 is 15.4. The maximum absolute atomic E-state index is 13.7. The number of para-hydroxylation sites is 1. The monoisotopic (exact) mass is 433 g/mol. The molecular formula is C26H28FN3O2. The van der Waals surface area contributed by atoms with Crippen molar-refractivity contribution in [2.75, 3.05) is 0 Å². The van der Waals surface area contributed by atoms with Crippen LogP contribution in [0.2, 0.25) is 0 Å². The van der Waals surface area contributed by atoms with Gasteiger partial charge < -0.3 is 14.8 Å². The molecule has 0 saturated heterocycles. The Balaban J connectivity index is 1.54. The van der Waals surface area contributed by atoms with E-state index in [9.17, 15) is 14.0 Å². The summed E-state index contributed by atoms with van der Waals surface area (Å²) in [7, 11) is 0. The zero-order chi connectivity index (χ0) is 22.3. The second-order valence-corrected chi connectivity index (χ2v) is 9.27. The second kappa shape index (κ2) is 8.08. The molecule has 2 aliphatic rings. The lowest BCUT2D eigenvalue weighted by Gasteiger charge is -2.45. The van der Waals surface area contributed by atoms with Crippen LogP contribution < -0.4 is 5.32 Å². The van der Waals surface area contributed by atoms with Gasteiger partial charge in [0.15, 0.2) is 0 Å². The normalized spacial score (nSPS) is 21.6. The van der Waals surface area contributed by atoms with Crippen molar-refractivity contribution < 1.29 is 14.0 Å². The van der Waals surface area contributed by atoms with Crippen LogP contribution in [-0.2, 0) is 17.9 Å². The van der Waals surface area contributed by atoms with Gasteiger partial charge in [0.25, 0.3) is 5.91 Å². The lowest BCUT2D eigenvalue weighted by molar-refractivity contribution is -0.134. The van der Waals surface area contributed by atoms with Crippen LogP contribution in [-0.4, -0.2) is 32.9 Å². The molecule has 3 aromatic rings. The van der Waals surface area contributed by atoms with Crippen LogP contribution in [0, 0.1) is 5.82 Å². The summed E-state index contributed by atoms with van der Waals surface area (Å²) in [6, 6.07) is 16.0. The molecule has 32 heavy (non-hydrogen) atoms. The number of halogens is 1. The number of hydrogen-bond donors (Lipinski definition) is 1. The van der Waals surface area contributed by atoms with E-state index in [-0.39, 0.29) is 30.2 Å². The largest absolute Gasteiger partial charge is 0.351 e. The lowest BCUT2D eigenvalue weighted by Crippen LogP contribution is -2.64. The van der Waals surface area contributed by atoms with Crippen LogP contribution in [0.3, 0.4) is 0 Å². The number of carbonyl (C=O) groups excluding carboxylic acids is 2. The smallest absolute Gasteiger partial charge is 0.271 e. The molecule has 5 nitrogen and oxygen atoms in total. The number of nitrogens with zero attached hydrogens (tertiary/aromatic N) is 2. The summed E-state index contributed by atoms with van der Waals surface area (Å²) in [6.45, 7) is 2.47. The number of hydrogen-bond acceptors (Lipinski definition) is 2. The number of nitrogens with one attached hydrogen (secondary N) is 1. The van der Waals surface area contributed by atoms with E-state index >= 15 is 0 Å². The molecule has 1 saturated carbocycles. The van der Waals surface area contributed by atoms with Gasteiger partial charge in [-0.15, -0.1) is 0 Å². The first-order chi connectivity index (χ1) is 15.5. The number of carbonyl (C=O) groups is 2. The Morgan fingerprint density at radius 3 is 2.56 bits per heavy atom. The molecule has 1 aliphatic carbocycles. The summed E-state index contributed by atoms with van der Waals surface area (Å²) in [5.41, 5.74) is 1.27. The van der Waals surface area contributed by atoms with E-state index < -0.39 is 5.54 Å². The van der Waals surface area contributed by atoms with Crippen molar-refractivity contribution >= 4 is 22.7 Å². The van der Waals surface area contributed by atoms with Gasteiger partial charge in [0, 0.05) is 23.5 Å². The molecule has 0 unspecified atom stereocenters. The molecule has 0 bridgehead atoms. The number of fused-ring (bicyclic) bond motifs is 3. The summed E-state index contributed by atoms with van der Waals surface area (Å²) in [6.07, 6.45) is 5.40. The Morgan fingerprint density at radius 1 is 1.09 bits per heavy atom. The van der Waals surface area contributed by atoms with Crippen molar-refractivity contribution in [2.45, 2.75) is 63.7 Å². The summed E-state index contributed by atoms with van der Waals surface area (Å²) in [5.74, 6) is -0.627. The molecule has 2 heterocycles. The first-order valence-corrected chi connectivity index (χ1v) is 11.4. The molecule has 0 spiro atoms. The number of benzene rings is 2. The predicted octanol–water partition coefficient (Wildman–Crippen LogP) is 4.64. The highest BCUT2D eigenvalue weighted by Crippen LogP contribution is 2.34. The van der Waals surface area contributed by atoms with E-state index in [1.807, 2.05) is 41.8 Å². The van der Waals surface area contributed by atoms with Crippen molar-refractivity contribution in [1.82, 2.24) is 14.8 Å². The maximum Gasteiger partial charge on any atom is 0.271 e. The van der Waals surface area contributed by atoms with Gasteiger partial charge in [0.05, 0.1) is 6.54 Å². The summed E-state index contributed by atoms with van der Waals surface area (Å²) in [4.78, 5) is 29.1. The predicted molar refractivity (Wildman–Crippen MR) is 122 cm³/mol. The van der Waals surface area contributed by atoms with Gasteiger partial charge in [0.1, 0.15) is 17.1 Å². The summed E-state index contributed by atoms with van der Waals surface area (Å²) in [5, 5.41) is 4.22. The Labute approximate surface area is 187 Å². The van der Waals surface area contributed by atoms with Crippen molar-refractivity contribution in [3.63, 3.8) is 0 Å². The lowest BCUT2D eigenvalue weighted by atomic mass is 9.91. The maximum atomic E-state index is 13.7. The molecule has 1 aliphatic heterocycles. The van der Waals surface area contributed by atoms with E-state index in [0.717, 1.165) is 42.1 Å². The zero-order valence-electron chi connectivity index (χ0n) is 18.3. The minimum absolute atomic E-state index is 0.122. The molecule has 0 radical (unpaired) electrons. The first-order valence-electron chi connectivity index (χ1n) is 11.4. The quantitative estimate of drug-likeness (QED) is 0.652. The molecule has 2 aromatic carbocycles. The van der Waals surface area contributed by atoms with Crippen LogP contribution in [0.4, 0.5) is 4.39 Å². The Bertz CT molecular complexity index is 1160. The van der Waals surface area contributed by atoms with E-state index in [1.54, 1.807) is 17.0 Å². The fourth-order valence-electron chi connectivity index (χ4n) is 5.11. The van der Waals surface area contributed by atoms with Gasteiger partial charge >= 0.3 is 0 Å². The number of amides is 2. The standard InChI is InChI=1S/C26H28FN3O2/c1-26(25(32)28-21-8-3-2-4-9-21)17-29-22-10-6-5-7-19(22)15-23(29)24(31)30(26)16-18-11-13-20(27)14-12-18/h5-7,10-15,21H,2-4,8-9,16-17H2,1H3,(H,28,32)/t26-/m0/s1. The minimum atomic E-state index is -1.06. The molecular weight excluding hydrogens is 405 g/mol. The average Bonchev–Trinajstić information content (AvgIpc) is 3.17. The topological polar surface area (TPSA) is 54.3 Å². The highest BCUT2D eigenvalue weighted by atomic mass is 19.1. The molecule has 1 N–H and O–H groups in total. The SMILES string of the molecule is C[C@@]1(C(=O)NC2CCCCC2)Cn2c(cc3ccccc32)C(=O)N1Cc1ccc(F)cc1. The van der Waals surface area contributed by atoms with Gasteiger partial charge in [-0.3, -0.25) is 9.59 Å². The molecule has 2 amide bonds. The Morgan fingerprint density at radius 2 is 1.81 bits per heavy atom. The number of rotatable bonds is 4. The second-order valence-electron chi connectivity index (χ2n) is 9.27. The molecule has 166 valence electrons. The Kier molecular flexibility index (Phi) is 5.24. The van der Waals surface area contributed by atoms with E-state index in [4.69, 9.17) is 0 Å². The van der Waals surface area contributed by atoms with E-state index in [0.29, 0.717) is 12.2 Å². The van der Waals surface area contributed by atoms with Crippen molar-refractivity contribution in [1.29, 1.82) is 0 Å². The first kappa shape index (κ1) is 20.7.